The lowest BCUT2D eigenvalue weighted by molar-refractivity contribution is -0.138. The molecule has 0 saturated carbocycles. The number of nitrogens with zero attached hydrogens (tertiary/aromatic N) is 4. The molecule has 2 aromatic carbocycles. The summed E-state index contributed by atoms with van der Waals surface area (Å²) in [6.07, 6.45) is 1.69. The monoisotopic (exact) mass is 549 g/mol. The van der Waals surface area contributed by atoms with E-state index < -0.39 is 17.5 Å². The lowest BCUT2D eigenvalue weighted by Gasteiger charge is -2.36. The van der Waals surface area contributed by atoms with Crippen LogP contribution in [0, 0.1) is 25.5 Å². The first kappa shape index (κ1) is 27.1. The Bertz CT molecular complexity index is 1510. The number of para-hydroxylation sites is 1. The number of pyridine rings is 1. The van der Waals surface area contributed by atoms with Crippen LogP contribution in [0.25, 0.3) is 5.65 Å². The van der Waals surface area contributed by atoms with Gasteiger partial charge in [0.1, 0.15) is 23.9 Å². The molecule has 3 heterocycles. The van der Waals surface area contributed by atoms with Gasteiger partial charge in [-0.3, -0.25) is 18.8 Å². The van der Waals surface area contributed by atoms with Crippen LogP contribution in [0.5, 0.6) is 5.75 Å². The van der Waals surface area contributed by atoms with Gasteiger partial charge in [-0.15, -0.1) is 0 Å². The van der Waals surface area contributed by atoms with Crippen LogP contribution in [0.2, 0.25) is 0 Å². The summed E-state index contributed by atoms with van der Waals surface area (Å²) < 4.78 is 35.4. The molecule has 1 aliphatic heterocycles. The molecule has 0 radical (unpaired) electrons. The van der Waals surface area contributed by atoms with Gasteiger partial charge in [0.25, 0.3) is 11.8 Å². The second kappa shape index (κ2) is 11.7. The zero-order valence-electron chi connectivity index (χ0n) is 22.2. The van der Waals surface area contributed by atoms with E-state index in [1.807, 2.05) is 30.3 Å². The van der Waals surface area contributed by atoms with Crippen LogP contribution in [-0.2, 0) is 16.2 Å². The minimum Gasteiger partial charge on any atom is -0.485 e. The third-order valence-corrected chi connectivity index (χ3v) is 6.76. The van der Waals surface area contributed by atoms with E-state index in [9.17, 15) is 18.4 Å². The van der Waals surface area contributed by atoms with Gasteiger partial charge in [-0.2, -0.15) is 0 Å². The fourth-order valence-electron chi connectivity index (χ4n) is 4.71. The lowest BCUT2D eigenvalue weighted by atomic mass is 10.2. The predicted molar refractivity (Wildman–Crippen MR) is 144 cm³/mol. The number of rotatable bonds is 8. The molecule has 0 bridgehead atoms. The van der Waals surface area contributed by atoms with Crippen LogP contribution in [-0.4, -0.2) is 58.9 Å². The first-order valence-corrected chi connectivity index (χ1v) is 12.9. The Balaban J connectivity index is 1.20. The second-order valence-corrected chi connectivity index (χ2v) is 9.53. The highest BCUT2D eigenvalue weighted by Gasteiger charge is 2.23. The number of hydroxylamine groups is 1. The van der Waals surface area contributed by atoms with Crippen LogP contribution >= 0.6 is 0 Å². The summed E-state index contributed by atoms with van der Waals surface area (Å²) in [5.41, 5.74) is 4.85. The Hall–Kier alpha value is -4.51. The number of carbonyl (C=O) groups is 2. The van der Waals surface area contributed by atoms with Gasteiger partial charge in [-0.1, -0.05) is 24.3 Å². The quantitative estimate of drug-likeness (QED) is 0.337. The summed E-state index contributed by atoms with van der Waals surface area (Å²) in [6, 6.07) is 15.3. The number of hydrogen-bond donors (Lipinski definition) is 1. The van der Waals surface area contributed by atoms with E-state index in [0.29, 0.717) is 37.5 Å². The minimum atomic E-state index is -0.715. The van der Waals surface area contributed by atoms with Gasteiger partial charge >= 0.3 is 0 Å². The molecule has 0 spiro atoms. The molecule has 1 N–H and O–H groups in total. The van der Waals surface area contributed by atoms with Crippen molar-refractivity contribution >= 4 is 23.1 Å². The maximum atomic E-state index is 14.1. The summed E-state index contributed by atoms with van der Waals surface area (Å²) in [5, 5.41) is 0. The minimum absolute atomic E-state index is 0.185. The molecule has 4 aromatic rings. The number of anilines is 1. The highest BCUT2D eigenvalue weighted by atomic mass is 19.1. The van der Waals surface area contributed by atoms with Crippen molar-refractivity contribution in [3.63, 3.8) is 0 Å². The molecule has 1 saturated heterocycles. The number of imidazole rings is 1. The van der Waals surface area contributed by atoms with Gasteiger partial charge in [0.05, 0.1) is 11.3 Å². The van der Waals surface area contributed by atoms with Gasteiger partial charge < -0.3 is 14.5 Å². The number of carbonyl (C=O) groups excluding carboxylic acids is 2. The summed E-state index contributed by atoms with van der Waals surface area (Å²) >= 11 is 0. The molecule has 0 aliphatic carbocycles. The second-order valence-electron chi connectivity index (χ2n) is 9.53. The smallest absolute Gasteiger partial charge is 0.293 e. The van der Waals surface area contributed by atoms with Crippen LogP contribution in [0.1, 0.15) is 27.3 Å². The predicted octanol–water partition coefficient (Wildman–Crippen LogP) is 3.82. The Morgan fingerprint density at radius 1 is 0.975 bits per heavy atom. The average molecular weight is 550 g/mol. The zero-order valence-corrected chi connectivity index (χ0v) is 22.2. The fraction of sp³-hybridized carbons (Fsp3) is 0.276. The van der Waals surface area contributed by atoms with Crippen molar-refractivity contribution in [1.29, 1.82) is 0 Å². The van der Waals surface area contributed by atoms with Crippen LogP contribution in [0.3, 0.4) is 0 Å². The number of amides is 2. The standard InChI is InChI=1S/C29H29F2N5O4/c1-19-15-25(39-17-22-23(30)9-6-10-24(22)31)28-32-20(2)27(36(28)16-19)29(38)33-40-18-26(37)35-13-11-34(12-14-35)21-7-4-3-5-8-21/h3-10,15-16H,11-14,17-18H2,1-2H3,(H,33,38). The fourth-order valence-corrected chi connectivity index (χ4v) is 4.71. The molecule has 2 aromatic heterocycles. The topological polar surface area (TPSA) is 88.4 Å². The van der Waals surface area contributed by atoms with E-state index >= 15 is 0 Å². The van der Waals surface area contributed by atoms with Gasteiger partial charge in [-0.25, -0.2) is 19.2 Å². The first-order valence-electron chi connectivity index (χ1n) is 12.9. The molecule has 0 atom stereocenters. The van der Waals surface area contributed by atoms with Gasteiger partial charge in [0.2, 0.25) is 0 Å². The summed E-state index contributed by atoms with van der Waals surface area (Å²) in [4.78, 5) is 39.3. The number of piperazine rings is 1. The van der Waals surface area contributed by atoms with Crippen molar-refractivity contribution < 1.29 is 27.9 Å². The van der Waals surface area contributed by atoms with Crippen molar-refractivity contribution in [1.82, 2.24) is 19.8 Å². The molecule has 1 fully saturated rings. The van der Waals surface area contributed by atoms with Crippen molar-refractivity contribution in [3.05, 3.63) is 94.9 Å². The Kier molecular flexibility index (Phi) is 7.92. The van der Waals surface area contributed by atoms with Crippen molar-refractivity contribution in [2.75, 3.05) is 37.7 Å². The molecule has 1 aliphatic rings. The van der Waals surface area contributed by atoms with Gasteiger partial charge in [0, 0.05) is 38.1 Å². The number of hydrogen-bond acceptors (Lipinski definition) is 6. The molecule has 208 valence electrons. The molecule has 9 nitrogen and oxygen atoms in total. The van der Waals surface area contributed by atoms with Crippen molar-refractivity contribution in [3.8, 4) is 5.75 Å². The third kappa shape index (κ3) is 5.74. The van der Waals surface area contributed by atoms with E-state index in [0.717, 1.165) is 23.4 Å². The van der Waals surface area contributed by atoms with E-state index in [4.69, 9.17) is 9.57 Å². The molecule has 5 rings (SSSR count). The maximum Gasteiger partial charge on any atom is 0.293 e. The molecule has 2 amide bonds. The Labute approximate surface area is 229 Å². The molecule has 0 unspecified atom stereocenters. The number of aromatic nitrogens is 2. The molecular weight excluding hydrogens is 520 g/mol. The highest BCUT2D eigenvalue weighted by Crippen LogP contribution is 2.26. The Morgan fingerprint density at radius 3 is 2.38 bits per heavy atom. The van der Waals surface area contributed by atoms with E-state index in [-0.39, 0.29) is 36.1 Å². The summed E-state index contributed by atoms with van der Waals surface area (Å²) in [7, 11) is 0. The molecule has 40 heavy (non-hydrogen) atoms. The summed E-state index contributed by atoms with van der Waals surface area (Å²) in [5.74, 6) is -1.99. The number of halogens is 2. The van der Waals surface area contributed by atoms with Gasteiger partial charge in [-0.05, 0) is 49.7 Å². The molecule has 11 heteroatoms. The third-order valence-electron chi connectivity index (χ3n) is 6.76. The highest BCUT2D eigenvalue weighted by molar-refractivity contribution is 5.94. The largest absolute Gasteiger partial charge is 0.485 e. The van der Waals surface area contributed by atoms with Crippen LogP contribution in [0.15, 0.2) is 60.8 Å². The summed E-state index contributed by atoms with van der Waals surface area (Å²) in [6.45, 7) is 5.29. The van der Waals surface area contributed by atoms with Crippen molar-refractivity contribution in [2.45, 2.75) is 20.5 Å². The lowest BCUT2D eigenvalue weighted by Crippen LogP contribution is -2.50. The van der Waals surface area contributed by atoms with E-state index in [1.165, 1.54) is 10.5 Å². The zero-order chi connectivity index (χ0) is 28.2. The number of nitrogens with one attached hydrogen (secondary N) is 1. The van der Waals surface area contributed by atoms with Crippen LogP contribution in [0.4, 0.5) is 14.5 Å². The normalized spacial score (nSPS) is 13.5. The maximum absolute atomic E-state index is 14.1. The van der Waals surface area contributed by atoms with E-state index in [2.05, 4.69) is 15.4 Å². The average Bonchev–Trinajstić information content (AvgIpc) is 3.28. The van der Waals surface area contributed by atoms with E-state index in [1.54, 1.807) is 31.0 Å². The number of benzene rings is 2. The van der Waals surface area contributed by atoms with Gasteiger partial charge in [0.15, 0.2) is 18.0 Å². The SMILES string of the molecule is Cc1cc(OCc2c(F)cccc2F)c2nc(C)c(C(=O)NOCC(=O)N3CCN(c4ccccc4)CC3)n2c1. The number of aryl methyl sites for hydroxylation is 2. The van der Waals surface area contributed by atoms with Crippen molar-refractivity contribution in [2.24, 2.45) is 0 Å². The number of fused-ring (bicyclic) bond motifs is 1. The number of ether oxygens (including phenoxy) is 1. The Morgan fingerprint density at radius 2 is 1.68 bits per heavy atom. The molecular formula is C29H29F2N5O4. The van der Waals surface area contributed by atoms with Crippen LogP contribution < -0.4 is 15.1 Å². The first-order chi connectivity index (χ1) is 19.3.